The van der Waals surface area contributed by atoms with Gasteiger partial charge >= 0.3 is 0 Å². The van der Waals surface area contributed by atoms with Gasteiger partial charge in [-0.15, -0.1) is 0 Å². The summed E-state index contributed by atoms with van der Waals surface area (Å²) in [6.07, 6.45) is 0. The number of rotatable bonds is 4. The number of nitrogens with zero attached hydrogens (tertiary/aromatic N) is 2. The Morgan fingerprint density at radius 1 is 0.357 bits per heavy atom. The van der Waals surface area contributed by atoms with Crippen molar-refractivity contribution in [1.29, 1.82) is 0 Å². The van der Waals surface area contributed by atoms with Crippen LogP contribution >= 0.6 is 0 Å². The lowest BCUT2D eigenvalue weighted by molar-refractivity contribution is 1.33. The third-order valence-corrected chi connectivity index (χ3v) is 8.50. The molecule has 2 nitrogen and oxygen atoms in total. The average molecular weight is 541 g/mol. The van der Waals surface area contributed by atoms with Crippen LogP contribution in [0.1, 0.15) is 22.3 Å². The van der Waals surface area contributed by atoms with Crippen molar-refractivity contribution < 1.29 is 0 Å². The molecular formula is C40H32N2. The summed E-state index contributed by atoms with van der Waals surface area (Å²) in [6, 6.07) is 43.3. The van der Waals surface area contributed by atoms with Gasteiger partial charge in [0.2, 0.25) is 0 Å². The molecule has 202 valence electrons. The van der Waals surface area contributed by atoms with Gasteiger partial charge in [-0.05, 0) is 73.2 Å². The van der Waals surface area contributed by atoms with Gasteiger partial charge in [0.05, 0.1) is 22.4 Å². The van der Waals surface area contributed by atoms with E-state index in [-0.39, 0.29) is 0 Å². The fourth-order valence-electron chi connectivity index (χ4n) is 5.76. The van der Waals surface area contributed by atoms with E-state index in [9.17, 15) is 0 Å². The first-order valence-corrected chi connectivity index (χ1v) is 14.5. The minimum Gasteiger partial charge on any atom is -0.245 e. The van der Waals surface area contributed by atoms with Crippen LogP contribution in [-0.2, 0) is 0 Å². The second-order valence-corrected chi connectivity index (χ2v) is 11.3. The highest BCUT2D eigenvalue weighted by atomic mass is 14.8. The zero-order chi connectivity index (χ0) is 28.8. The van der Waals surface area contributed by atoms with E-state index in [0.717, 1.165) is 55.4 Å². The van der Waals surface area contributed by atoms with E-state index < -0.39 is 0 Å². The number of pyridine rings is 2. The summed E-state index contributed by atoms with van der Waals surface area (Å²) in [6.45, 7) is 8.66. The molecule has 2 aromatic heterocycles. The lowest BCUT2D eigenvalue weighted by Gasteiger charge is -2.16. The molecule has 0 aliphatic carbocycles. The highest BCUT2D eigenvalue weighted by Crippen LogP contribution is 2.39. The summed E-state index contributed by atoms with van der Waals surface area (Å²) in [5, 5.41) is 2.17. The largest absolute Gasteiger partial charge is 0.245 e. The van der Waals surface area contributed by atoms with Gasteiger partial charge in [-0.3, -0.25) is 0 Å². The molecule has 0 N–H and O–H groups in total. The van der Waals surface area contributed by atoms with E-state index in [0.29, 0.717) is 0 Å². The van der Waals surface area contributed by atoms with Crippen LogP contribution in [0.3, 0.4) is 0 Å². The molecule has 0 fully saturated rings. The molecule has 7 aromatic rings. The third kappa shape index (κ3) is 4.55. The van der Waals surface area contributed by atoms with Gasteiger partial charge in [0.1, 0.15) is 0 Å². The van der Waals surface area contributed by atoms with Gasteiger partial charge in [0.15, 0.2) is 0 Å². The Morgan fingerprint density at radius 3 is 1.14 bits per heavy atom. The van der Waals surface area contributed by atoms with Crippen molar-refractivity contribution in [2.75, 3.05) is 0 Å². The molecule has 42 heavy (non-hydrogen) atoms. The first-order chi connectivity index (χ1) is 20.5. The Balaban J connectivity index is 1.54. The summed E-state index contributed by atoms with van der Waals surface area (Å²) in [7, 11) is 0. The smallest absolute Gasteiger partial charge is 0.0972 e. The van der Waals surface area contributed by atoms with Crippen LogP contribution in [0, 0.1) is 27.7 Å². The van der Waals surface area contributed by atoms with Crippen LogP contribution in [0.15, 0.2) is 121 Å². The molecule has 0 spiro atoms. The number of hydrogen-bond donors (Lipinski definition) is 0. The molecule has 0 amide bonds. The van der Waals surface area contributed by atoms with Crippen molar-refractivity contribution >= 4 is 21.8 Å². The lowest BCUT2D eigenvalue weighted by Crippen LogP contribution is -1.96. The number of fused-ring (bicyclic) bond motifs is 3. The van der Waals surface area contributed by atoms with Crippen molar-refractivity contribution in [2.24, 2.45) is 0 Å². The Labute approximate surface area is 247 Å². The minimum atomic E-state index is 0.919. The van der Waals surface area contributed by atoms with Crippen LogP contribution in [0.5, 0.6) is 0 Å². The van der Waals surface area contributed by atoms with Crippen LogP contribution in [-0.4, -0.2) is 9.97 Å². The summed E-state index contributed by atoms with van der Waals surface area (Å²) in [4.78, 5) is 10.8. The fourth-order valence-corrected chi connectivity index (χ4v) is 5.76. The van der Waals surface area contributed by atoms with Crippen LogP contribution in [0.2, 0.25) is 0 Å². The summed E-state index contributed by atoms with van der Waals surface area (Å²) in [5.74, 6) is 0. The van der Waals surface area contributed by atoms with E-state index in [2.05, 4.69) is 149 Å². The molecule has 5 aromatic carbocycles. The minimum absolute atomic E-state index is 0.919. The van der Waals surface area contributed by atoms with Gasteiger partial charge in [-0.1, -0.05) is 109 Å². The quantitative estimate of drug-likeness (QED) is 0.208. The molecule has 7 rings (SSSR count). The molecule has 0 saturated heterocycles. The number of aryl methyl sites for hydroxylation is 4. The zero-order valence-electron chi connectivity index (χ0n) is 24.4. The lowest BCUT2D eigenvalue weighted by atomic mass is 9.93. The highest BCUT2D eigenvalue weighted by molar-refractivity contribution is 6.08. The summed E-state index contributed by atoms with van der Waals surface area (Å²) < 4.78 is 0. The number of aromatic nitrogens is 2. The van der Waals surface area contributed by atoms with Gasteiger partial charge in [-0.2, -0.15) is 0 Å². The van der Waals surface area contributed by atoms with Gasteiger partial charge < -0.3 is 0 Å². The maximum absolute atomic E-state index is 5.40. The van der Waals surface area contributed by atoms with Crippen molar-refractivity contribution in [2.45, 2.75) is 27.7 Å². The van der Waals surface area contributed by atoms with Crippen LogP contribution < -0.4 is 0 Å². The predicted octanol–water partition coefficient (Wildman–Crippen LogP) is 10.7. The van der Waals surface area contributed by atoms with Crippen molar-refractivity contribution in [3.8, 4) is 44.8 Å². The molecular weight excluding hydrogens is 508 g/mol. The topological polar surface area (TPSA) is 25.8 Å². The average Bonchev–Trinajstić information content (AvgIpc) is 3.03. The Morgan fingerprint density at radius 2 is 0.762 bits per heavy atom. The van der Waals surface area contributed by atoms with E-state index in [4.69, 9.17) is 9.97 Å². The van der Waals surface area contributed by atoms with Crippen LogP contribution in [0.4, 0.5) is 0 Å². The fraction of sp³-hybridized carbons (Fsp3) is 0.100. The third-order valence-electron chi connectivity index (χ3n) is 8.50. The maximum Gasteiger partial charge on any atom is 0.0972 e. The Hall–Kier alpha value is -5.08. The van der Waals surface area contributed by atoms with E-state index in [1.807, 2.05) is 0 Å². The van der Waals surface area contributed by atoms with Crippen molar-refractivity contribution in [3.63, 3.8) is 0 Å². The predicted molar refractivity (Wildman–Crippen MR) is 178 cm³/mol. The zero-order valence-corrected chi connectivity index (χ0v) is 24.4. The van der Waals surface area contributed by atoms with Gasteiger partial charge in [0, 0.05) is 33.0 Å². The molecule has 0 atom stereocenters. The first kappa shape index (κ1) is 25.9. The monoisotopic (exact) mass is 540 g/mol. The summed E-state index contributed by atoms with van der Waals surface area (Å²) >= 11 is 0. The Kier molecular flexibility index (Phi) is 6.40. The molecule has 0 aliphatic rings. The highest BCUT2D eigenvalue weighted by Gasteiger charge is 2.17. The second-order valence-electron chi connectivity index (χ2n) is 11.3. The summed E-state index contributed by atoms with van der Waals surface area (Å²) in [5.41, 5.74) is 15.7. The molecule has 0 radical (unpaired) electrons. The Bertz CT molecular complexity index is 1960. The van der Waals surface area contributed by atoms with Gasteiger partial charge in [0.25, 0.3) is 0 Å². The normalized spacial score (nSPS) is 11.3. The molecule has 2 heterocycles. The van der Waals surface area contributed by atoms with E-state index in [1.165, 1.54) is 33.4 Å². The first-order valence-electron chi connectivity index (χ1n) is 14.5. The standard InChI is InChI=1S/C40H32N2/c1-25-15-17-31(21-27(25)3)35-23-33-19-20-34-24-36(32-18-16-26(2)28(4)22-32)38(30-13-9-6-10-14-30)42-40(34)39(33)41-37(35)29-11-7-5-8-12-29/h5-24H,1-4H3. The number of benzene rings is 5. The molecule has 0 unspecified atom stereocenters. The molecule has 0 aliphatic heterocycles. The molecule has 0 saturated carbocycles. The van der Waals surface area contributed by atoms with Crippen LogP contribution in [0.25, 0.3) is 66.6 Å². The molecule has 0 bridgehead atoms. The second kappa shape index (κ2) is 10.4. The SMILES string of the molecule is Cc1ccc(-c2cc3ccc4cc(-c5ccc(C)c(C)c5)c(-c5ccccc5)nc4c3nc2-c2ccccc2)cc1C. The van der Waals surface area contributed by atoms with E-state index >= 15 is 0 Å². The van der Waals surface area contributed by atoms with Crippen molar-refractivity contribution in [3.05, 3.63) is 144 Å². The van der Waals surface area contributed by atoms with Gasteiger partial charge in [-0.25, -0.2) is 9.97 Å². The molecule has 2 heteroatoms. The maximum atomic E-state index is 5.40. The van der Waals surface area contributed by atoms with Crippen molar-refractivity contribution in [1.82, 2.24) is 9.97 Å². The van der Waals surface area contributed by atoms with E-state index in [1.54, 1.807) is 0 Å². The number of hydrogen-bond acceptors (Lipinski definition) is 2.